The van der Waals surface area contributed by atoms with Crippen LogP contribution in [0.4, 0.5) is 0 Å². The van der Waals surface area contributed by atoms with Crippen molar-refractivity contribution in [3.05, 3.63) is 11.1 Å². The summed E-state index contributed by atoms with van der Waals surface area (Å²) in [5.41, 5.74) is -0.139. The first-order chi connectivity index (χ1) is 5.37. The second-order valence-corrected chi connectivity index (χ2v) is 2.80. The van der Waals surface area contributed by atoms with Crippen LogP contribution in [-0.2, 0) is 9.59 Å². The second kappa shape index (κ2) is 8.95. The molecule has 2 radical (unpaired) electrons. The normalized spacial score (nSPS) is 10.9. The van der Waals surface area contributed by atoms with Gasteiger partial charge >= 0.3 is 11.9 Å². The van der Waals surface area contributed by atoms with Crippen LogP contribution in [0.5, 0.6) is 0 Å². The van der Waals surface area contributed by atoms with Crippen molar-refractivity contribution in [1.29, 1.82) is 0 Å². The number of hydrogen-bond acceptors (Lipinski definition) is 2. The number of hydrogen-bond donors (Lipinski definition) is 2. The van der Waals surface area contributed by atoms with Gasteiger partial charge in [0, 0.05) is 70.3 Å². The Bertz CT molecular complexity index is 246. The zero-order chi connectivity index (χ0) is 9.89. The Kier molecular flexibility index (Phi) is 12.9. The smallest absolute Gasteiger partial charge is 0.332 e. The van der Waals surface area contributed by atoms with Crippen molar-refractivity contribution < 1.29 is 19.8 Å². The Morgan fingerprint density at radius 3 is 1.43 bits per heavy atom. The maximum absolute atomic E-state index is 10.6. The van der Waals surface area contributed by atoms with E-state index < -0.39 is 11.9 Å². The van der Waals surface area contributed by atoms with Crippen LogP contribution in [0.25, 0.3) is 0 Å². The number of carboxylic acid groups (broad SMARTS) is 2. The van der Waals surface area contributed by atoms with Gasteiger partial charge in [0.2, 0.25) is 0 Å². The molecule has 6 heteroatoms. The van der Waals surface area contributed by atoms with Crippen LogP contribution < -0.4 is 0 Å². The standard InChI is InChI=1S/C8H12O4.2Na/c1-4(2)6(8(11)12)5(3)7(9)10;;/h4H,1-3H3,(H,9,10)(H,11,12);;. The molecule has 0 spiro atoms. The van der Waals surface area contributed by atoms with E-state index in [-0.39, 0.29) is 76.2 Å². The van der Waals surface area contributed by atoms with E-state index in [4.69, 9.17) is 10.2 Å². The van der Waals surface area contributed by atoms with Gasteiger partial charge in [0.1, 0.15) is 0 Å². The van der Waals surface area contributed by atoms with Gasteiger partial charge in [0.05, 0.1) is 0 Å². The average molecular weight is 218 g/mol. The van der Waals surface area contributed by atoms with Crippen molar-refractivity contribution in [3.63, 3.8) is 0 Å². The van der Waals surface area contributed by atoms with Crippen molar-refractivity contribution >= 4 is 71.1 Å². The van der Waals surface area contributed by atoms with Crippen LogP contribution in [0.15, 0.2) is 11.1 Å². The van der Waals surface area contributed by atoms with Gasteiger partial charge in [0.15, 0.2) is 0 Å². The zero-order valence-electron chi connectivity index (χ0n) is 9.29. The van der Waals surface area contributed by atoms with Crippen molar-refractivity contribution in [2.75, 3.05) is 0 Å². The monoisotopic (exact) mass is 218 g/mol. The summed E-state index contributed by atoms with van der Waals surface area (Å²) in [4.78, 5) is 21.0. The van der Waals surface area contributed by atoms with E-state index in [1.54, 1.807) is 13.8 Å². The van der Waals surface area contributed by atoms with Gasteiger partial charge < -0.3 is 10.2 Å². The molecule has 0 aromatic rings. The molecule has 0 rings (SSSR count). The molecule has 0 fully saturated rings. The Balaban J connectivity index is -0.000000605. The molecule has 4 nitrogen and oxygen atoms in total. The summed E-state index contributed by atoms with van der Waals surface area (Å²) in [6.07, 6.45) is 0. The first kappa shape index (κ1) is 20.1. The minimum Gasteiger partial charge on any atom is -0.478 e. The number of carbonyl (C=O) groups is 2. The van der Waals surface area contributed by atoms with E-state index in [9.17, 15) is 9.59 Å². The van der Waals surface area contributed by atoms with E-state index in [0.717, 1.165) is 0 Å². The Morgan fingerprint density at radius 1 is 1.00 bits per heavy atom. The largest absolute Gasteiger partial charge is 0.478 e. The predicted molar refractivity (Wildman–Crippen MR) is 54.3 cm³/mol. The van der Waals surface area contributed by atoms with Gasteiger partial charge in [-0.25, -0.2) is 9.59 Å². The van der Waals surface area contributed by atoms with Crippen LogP contribution in [0.2, 0.25) is 0 Å². The molecule has 0 unspecified atom stereocenters. The van der Waals surface area contributed by atoms with Crippen LogP contribution >= 0.6 is 0 Å². The third-order valence-corrected chi connectivity index (χ3v) is 1.53. The van der Waals surface area contributed by atoms with Crippen LogP contribution in [0.3, 0.4) is 0 Å². The summed E-state index contributed by atoms with van der Waals surface area (Å²) in [5, 5.41) is 17.2. The molecule has 2 N–H and O–H groups in total. The van der Waals surface area contributed by atoms with Crippen molar-refractivity contribution in [1.82, 2.24) is 0 Å². The predicted octanol–water partition coefficient (Wildman–Crippen LogP) is 0.366. The first-order valence-electron chi connectivity index (χ1n) is 3.55. The first-order valence-corrected chi connectivity index (χ1v) is 3.55. The fourth-order valence-corrected chi connectivity index (χ4v) is 0.956. The summed E-state index contributed by atoms with van der Waals surface area (Å²) >= 11 is 0. The topological polar surface area (TPSA) is 74.6 Å². The molecular weight excluding hydrogens is 206 g/mol. The summed E-state index contributed by atoms with van der Waals surface area (Å²) in [6.45, 7) is 4.59. The fraction of sp³-hybridized carbons (Fsp3) is 0.500. The molecule has 0 aliphatic heterocycles. The van der Waals surface area contributed by atoms with Crippen LogP contribution in [-0.4, -0.2) is 81.3 Å². The van der Waals surface area contributed by atoms with E-state index in [1.807, 2.05) is 0 Å². The molecule has 0 aromatic heterocycles. The van der Waals surface area contributed by atoms with Gasteiger partial charge in [0.25, 0.3) is 0 Å². The van der Waals surface area contributed by atoms with Crippen molar-refractivity contribution in [3.8, 4) is 0 Å². The molecule has 0 aliphatic carbocycles. The van der Waals surface area contributed by atoms with Crippen molar-refractivity contribution in [2.45, 2.75) is 20.8 Å². The van der Waals surface area contributed by atoms with Gasteiger partial charge in [-0.05, 0) is 12.8 Å². The average Bonchev–Trinajstić information content (AvgIpc) is 1.85. The SMILES string of the molecule is CC(C(=O)O)=C(C(=O)O)C(C)C.[Na].[Na]. The second-order valence-electron chi connectivity index (χ2n) is 2.80. The van der Waals surface area contributed by atoms with Crippen LogP contribution in [0, 0.1) is 5.92 Å². The van der Waals surface area contributed by atoms with Crippen LogP contribution in [0.1, 0.15) is 20.8 Å². The molecule has 70 valence electrons. The maximum atomic E-state index is 10.6. The van der Waals surface area contributed by atoms with E-state index >= 15 is 0 Å². The molecule has 0 atom stereocenters. The Morgan fingerprint density at radius 2 is 1.36 bits per heavy atom. The minimum absolute atomic E-state index is 0. The molecule has 0 bridgehead atoms. The Hall–Kier alpha value is 0.680. The summed E-state index contributed by atoms with van der Waals surface area (Å²) < 4.78 is 0. The summed E-state index contributed by atoms with van der Waals surface area (Å²) in [5.74, 6) is -2.62. The maximum Gasteiger partial charge on any atom is 0.332 e. The molecule has 0 saturated heterocycles. The van der Waals surface area contributed by atoms with Crippen molar-refractivity contribution in [2.24, 2.45) is 5.92 Å². The number of rotatable bonds is 3. The number of aliphatic carboxylic acids is 2. The molecule has 0 saturated carbocycles. The quantitative estimate of drug-likeness (QED) is 0.530. The molecule has 0 heterocycles. The van der Waals surface area contributed by atoms with Gasteiger partial charge in [-0.2, -0.15) is 0 Å². The zero-order valence-corrected chi connectivity index (χ0v) is 13.3. The molecule has 14 heavy (non-hydrogen) atoms. The van der Waals surface area contributed by atoms with Gasteiger partial charge in [-0.3, -0.25) is 0 Å². The Labute approximate surface area is 127 Å². The summed E-state index contributed by atoms with van der Waals surface area (Å²) in [7, 11) is 0. The third kappa shape index (κ3) is 6.22. The molecule has 0 aliphatic rings. The van der Waals surface area contributed by atoms with Gasteiger partial charge in [-0.15, -0.1) is 0 Å². The number of carboxylic acids is 2. The van der Waals surface area contributed by atoms with E-state index in [0.29, 0.717) is 0 Å². The summed E-state index contributed by atoms with van der Waals surface area (Å²) in [6, 6.07) is 0. The fourth-order valence-electron chi connectivity index (χ4n) is 0.956. The third-order valence-electron chi connectivity index (χ3n) is 1.53. The molecular formula is C8H12Na2O4. The van der Waals surface area contributed by atoms with E-state index in [1.165, 1.54) is 6.92 Å². The van der Waals surface area contributed by atoms with Gasteiger partial charge in [-0.1, -0.05) is 13.8 Å². The molecule has 0 amide bonds. The molecule has 0 aromatic carbocycles. The minimum atomic E-state index is -1.18. The van der Waals surface area contributed by atoms with E-state index in [2.05, 4.69) is 0 Å².